The van der Waals surface area contributed by atoms with Crippen LogP contribution in [0, 0.1) is 6.92 Å². The molecule has 0 amide bonds. The highest BCUT2D eigenvalue weighted by molar-refractivity contribution is 5.86. The van der Waals surface area contributed by atoms with Crippen molar-refractivity contribution < 1.29 is 14.3 Å². The topological polar surface area (TPSA) is 53.7 Å². The molecule has 0 spiro atoms. The molecule has 84 valence electrons. The lowest BCUT2D eigenvalue weighted by Gasteiger charge is -2.19. The monoisotopic (exact) mass is 211 g/mol. The van der Waals surface area contributed by atoms with Crippen LogP contribution in [0.3, 0.4) is 0 Å². The molecular formula is C11H17NO3. The van der Waals surface area contributed by atoms with Gasteiger partial charge in [-0.2, -0.15) is 0 Å². The van der Waals surface area contributed by atoms with Crippen LogP contribution in [0.15, 0.2) is 10.5 Å². The highest BCUT2D eigenvalue weighted by Crippen LogP contribution is 2.16. The number of hydrogen-bond acceptors (Lipinski definition) is 3. The molecule has 1 rings (SSSR count). The van der Waals surface area contributed by atoms with E-state index < -0.39 is 5.97 Å². The maximum atomic E-state index is 10.7. The number of rotatable bonds is 4. The van der Waals surface area contributed by atoms with Crippen molar-refractivity contribution in [2.24, 2.45) is 0 Å². The summed E-state index contributed by atoms with van der Waals surface area (Å²) in [5, 5.41) is 8.81. The van der Waals surface area contributed by atoms with Gasteiger partial charge < -0.3 is 9.52 Å². The maximum absolute atomic E-state index is 10.7. The fourth-order valence-electron chi connectivity index (χ4n) is 1.27. The number of furan rings is 1. The van der Waals surface area contributed by atoms with Crippen LogP contribution in [0.2, 0.25) is 0 Å². The minimum absolute atomic E-state index is 0.0437. The first-order chi connectivity index (χ1) is 6.91. The molecule has 1 N–H and O–H groups in total. The first-order valence-corrected chi connectivity index (χ1v) is 4.94. The van der Waals surface area contributed by atoms with E-state index in [1.807, 2.05) is 7.05 Å². The SMILES string of the molecule is Cc1cc(CN(C)C(C)C)oc1C(=O)O. The van der Waals surface area contributed by atoms with E-state index in [0.29, 0.717) is 23.9 Å². The van der Waals surface area contributed by atoms with Crippen molar-refractivity contribution in [3.63, 3.8) is 0 Å². The largest absolute Gasteiger partial charge is 0.475 e. The molecular weight excluding hydrogens is 194 g/mol. The predicted octanol–water partition coefficient (Wildman–Crippen LogP) is 2.13. The van der Waals surface area contributed by atoms with Crippen molar-refractivity contribution in [1.29, 1.82) is 0 Å². The summed E-state index contributed by atoms with van der Waals surface area (Å²) in [4.78, 5) is 12.8. The molecule has 1 aromatic rings. The molecule has 0 aliphatic carbocycles. The van der Waals surface area contributed by atoms with Crippen LogP contribution in [0.25, 0.3) is 0 Å². The number of aryl methyl sites for hydroxylation is 1. The van der Waals surface area contributed by atoms with Crippen LogP contribution in [-0.2, 0) is 6.54 Å². The fraction of sp³-hybridized carbons (Fsp3) is 0.545. The first kappa shape index (κ1) is 11.8. The third-order valence-electron chi connectivity index (χ3n) is 2.45. The van der Waals surface area contributed by atoms with Gasteiger partial charge in [0.05, 0.1) is 6.54 Å². The zero-order chi connectivity index (χ0) is 11.6. The lowest BCUT2D eigenvalue weighted by Crippen LogP contribution is -2.25. The summed E-state index contributed by atoms with van der Waals surface area (Å²) in [6, 6.07) is 2.19. The van der Waals surface area contributed by atoms with Crippen molar-refractivity contribution in [2.45, 2.75) is 33.4 Å². The molecule has 0 atom stereocenters. The van der Waals surface area contributed by atoms with Gasteiger partial charge in [0, 0.05) is 11.6 Å². The fourth-order valence-corrected chi connectivity index (χ4v) is 1.27. The van der Waals surface area contributed by atoms with Crippen LogP contribution < -0.4 is 0 Å². The summed E-state index contributed by atoms with van der Waals surface area (Å²) in [6.45, 7) is 6.53. The van der Waals surface area contributed by atoms with E-state index in [0.717, 1.165) is 0 Å². The van der Waals surface area contributed by atoms with Crippen LogP contribution >= 0.6 is 0 Å². The van der Waals surface area contributed by atoms with E-state index >= 15 is 0 Å². The van der Waals surface area contributed by atoms with Gasteiger partial charge in [0.25, 0.3) is 0 Å². The molecule has 0 saturated heterocycles. The Morgan fingerprint density at radius 3 is 2.60 bits per heavy atom. The van der Waals surface area contributed by atoms with Gasteiger partial charge in [-0.3, -0.25) is 4.90 Å². The Hall–Kier alpha value is -1.29. The number of aromatic carboxylic acids is 1. The average Bonchev–Trinajstić information content (AvgIpc) is 2.46. The Morgan fingerprint density at radius 2 is 2.20 bits per heavy atom. The van der Waals surface area contributed by atoms with Crippen LogP contribution in [0.1, 0.15) is 35.7 Å². The Balaban J connectivity index is 2.80. The zero-order valence-electron chi connectivity index (χ0n) is 9.57. The predicted molar refractivity (Wildman–Crippen MR) is 57.0 cm³/mol. The van der Waals surface area contributed by atoms with E-state index in [4.69, 9.17) is 9.52 Å². The summed E-state index contributed by atoms with van der Waals surface area (Å²) in [5.41, 5.74) is 0.676. The normalized spacial score (nSPS) is 11.3. The quantitative estimate of drug-likeness (QED) is 0.828. The molecule has 0 radical (unpaired) electrons. The molecule has 0 bridgehead atoms. The van der Waals surface area contributed by atoms with Gasteiger partial charge in [-0.1, -0.05) is 0 Å². The Bertz CT molecular complexity index is 355. The minimum Gasteiger partial charge on any atom is -0.475 e. The lowest BCUT2D eigenvalue weighted by molar-refractivity contribution is 0.0657. The van der Waals surface area contributed by atoms with Gasteiger partial charge in [-0.15, -0.1) is 0 Å². The Morgan fingerprint density at radius 1 is 1.60 bits per heavy atom. The van der Waals surface area contributed by atoms with E-state index in [1.165, 1.54) is 0 Å². The first-order valence-electron chi connectivity index (χ1n) is 4.94. The van der Waals surface area contributed by atoms with Gasteiger partial charge in [0.2, 0.25) is 5.76 Å². The third kappa shape index (κ3) is 2.83. The van der Waals surface area contributed by atoms with Gasteiger partial charge in [-0.25, -0.2) is 4.79 Å². The molecule has 4 nitrogen and oxygen atoms in total. The van der Waals surface area contributed by atoms with Crippen molar-refractivity contribution in [2.75, 3.05) is 7.05 Å². The van der Waals surface area contributed by atoms with E-state index in [2.05, 4.69) is 18.7 Å². The van der Waals surface area contributed by atoms with Crippen molar-refractivity contribution in [3.8, 4) is 0 Å². The molecule has 4 heteroatoms. The van der Waals surface area contributed by atoms with Crippen molar-refractivity contribution >= 4 is 5.97 Å². The average molecular weight is 211 g/mol. The Labute approximate surface area is 89.5 Å². The Kier molecular flexibility index (Phi) is 3.52. The molecule has 0 unspecified atom stereocenters. The number of carbonyl (C=O) groups is 1. The standard InChI is InChI=1S/C11H17NO3/c1-7(2)12(4)6-9-5-8(3)10(15-9)11(13)14/h5,7H,6H2,1-4H3,(H,13,14). The molecule has 0 fully saturated rings. The summed E-state index contributed by atoms with van der Waals surface area (Å²) < 4.78 is 5.26. The second kappa shape index (κ2) is 4.49. The van der Waals surface area contributed by atoms with E-state index in [9.17, 15) is 4.79 Å². The summed E-state index contributed by atoms with van der Waals surface area (Å²) in [5.74, 6) is -0.269. The molecule has 0 aliphatic heterocycles. The minimum atomic E-state index is -1.01. The van der Waals surface area contributed by atoms with E-state index in [-0.39, 0.29) is 5.76 Å². The maximum Gasteiger partial charge on any atom is 0.372 e. The van der Waals surface area contributed by atoms with Crippen molar-refractivity contribution in [1.82, 2.24) is 4.90 Å². The third-order valence-corrected chi connectivity index (χ3v) is 2.45. The molecule has 1 aromatic heterocycles. The molecule has 1 heterocycles. The second-order valence-corrected chi connectivity index (χ2v) is 4.04. The van der Waals surface area contributed by atoms with Gasteiger partial charge in [0.15, 0.2) is 0 Å². The number of hydrogen-bond donors (Lipinski definition) is 1. The summed E-state index contributed by atoms with van der Waals surface area (Å²) in [7, 11) is 1.98. The number of carboxylic acid groups (broad SMARTS) is 1. The number of nitrogens with zero attached hydrogens (tertiary/aromatic N) is 1. The summed E-state index contributed by atoms with van der Waals surface area (Å²) in [6.07, 6.45) is 0. The summed E-state index contributed by atoms with van der Waals surface area (Å²) >= 11 is 0. The smallest absolute Gasteiger partial charge is 0.372 e. The van der Waals surface area contributed by atoms with Crippen LogP contribution in [0.5, 0.6) is 0 Å². The van der Waals surface area contributed by atoms with Gasteiger partial charge in [0.1, 0.15) is 5.76 Å². The van der Waals surface area contributed by atoms with E-state index in [1.54, 1.807) is 13.0 Å². The molecule has 0 saturated carbocycles. The van der Waals surface area contributed by atoms with Crippen LogP contribution in [0.4, 0.5) is 0 Å². The van der Waals surface area contributed by atoms with Crippen molar-refractivity contribution in [3.05, 3.63) is 23.2 Å². The number of carboxylic acids is 1. The zero-order valence-corrected chi connectivity index (χ0v) is 9.57. The molecule has 15 heavy (non-hydrogen) atoms. The highest BCUT2D eigenvalue weighted by Gasteiger charge is 2.15. The lowest BCUT2D eigenvalue weighted by atomic mass is 10.2. The second-order valence-electron chi connectivity index (χ2n) is 4.04. The molecule has 0 aromatic carbocycles. The van der Waals surface area contributed by atoms with Crippen LogP contribution in [-0.4, -0.2) is 29.1 Å². The van der Waals surface area contributed by atoms with Gasteiger partial charge in [-0.05, 0) is 33.9 Å². The molecule has 0 aliphatic rings. The van der Waals surface area contributed by atoms with Gasteiger partial charge >= 0.3 is 5.97 Å². The highest BCUT2D eigenvalue weighted by atomic mass is 16.4.